The van der Waals surface area contributed by atoms with Gasteiger partial charge < -0.3 is 15.1 Å². The summed E-state index contributed by atoms with van der Waals surface area (Å²) < 4.78 is 15.2. The van der Waals surface area contributed by atoms with E-state index in [1.807, 2.05) is 0 Å². The number of carboxylic acid groups (broad SMARTS) is 2. The van der Waals surface area contributed by atoms with Crippen LogP contribution in [0.25, 0.3) is 11.3 Å². The second kappa shape index (κ2) is 7.71. The van der Waals surface area contributed by atoms with Gasteiger partial charge in [-0.25, -0.2) is 14.2 Å². The van der Waals surface area contributed by atoms with E-state index in [9.17, 15) is 19.8 Å². The van der Waals surface area contributed by atoms with Crippen LogP contribution in [0.5, 0.6) is 0 Å². The molecule has 0 unspecified atom stereocenters. The first-order chi connectivity index (χ1) is 13.2. The molecule has 2 aromatic rings. The lowest BCUT2D eigenvalue weighted by atomic mass is 9.72. The van der Waals surface area contributed by atoms with Crippen LogP contribution in [0.1, 0.15) is 25.5 Å². The van der Waals surface area contributed by atoms with Crippen LogP contribution in [-0.4, -0.2) is 49.7 Å². The lowest BCUT2D eigenvalue weighted by Gasteiger charge is -2.42. The van der Waals surface area contributed by atoms with Crippen molar-refractivity contribution < 1.29 is 24.2 Å². The van der Waals surface area contributed by atoms with E-state index in [1.54, 1.807) is 25.1 Å². The number of carbonyl (C=O) groups is 2. The maximum atomic E-state index is 15.2. The molecule has 148 valence electrons. The van der Waals surface area contributed by atoms with E-state index in [-0.39, 0.29) is 42.2 Å². The minimum Gasteiger partial charge on any atom is -0.481 e. The molecule has 1 fully saturated rings. The molecule has 0 aliphatic carbocycles. The van der Waals surface area contributed by atoms with Gasteiger partial charge in [0.05, 0.1) is 16.8 Å². The van der Waals surface area contributed by atoms with Crippen molar-refractivity contribution in [2.75, 3.05) is 6.54 Å². The molecule has 0 bridgehead atoms. The van der Waals surface area contributed by atoms with E-state index in [0.717, 1.165) is 0 Å². The van der Waals surface area contributed by atoms with Crippen molar-refractivity contribution in [1.29, 1.82) is 0 Å². The lowest BCUT2D eigenvalue weighted by Crippen LogP contribution is -2.51. The molecule has 2 aromatic heterocycles. The van der Waals surface area contributed by atoms with Gasteiger partial charge >= 0.3 is 12.1 Å². The number of pyridine rings is 2. The Morgan fingerprint density at radius 2 is 2.14 bits per heavy atom. The molecule has 1 aliphatic heterocycles. The molecule has 7 nitrogen and oxygen atoms in total. The monoisotopic (exact) mass is 407 g/mol. The fourth-order valence-corrected chi connectivity index (χ4v) is 3.95. The predicted molar refractivity (Wildman–Crippen MR) is 99.6 cm³/mol. The first kappa shape index (κ1) is 20.0. The van der Waals surface area contributed by atoms with Crippen LogP contribution in [0.4, 0.5) is 9.18 Å². The zero-order valence-electron chi connectivity index (χ0n) is 15.1. The van der Waals surface area contributed by atoms with Gasteiger partial charge in [0, 0.05) is 30.8 Å². The lowest BCUT2D eigenvalue weighted by molar-refractivity contribution is -0.153. The number of aromatic nitrogens is 2. The van der Waals surface area contributed by atoms with Gasteiger partial charge in [0.2, 0.25) is 0 Å². The van der Waals surface area contributed by atoms with Crippen molar-refractivity contribution in [3.05, 3.63) is 47.1 Å². The summed E-state index contributed by atoms with van der Waals surface area (Å²) >= 11 is 6.07. The Hall–Kier alpha value is -2.74. The molecule has 28 heavy (non-hydrogen) atoms. The van der Waals surface area contributed by atoms with Gasteiger partial charge in [-0.15, -0.1) is 0 Å². The van der Waals surface area contributed by atoms with Crippen molar-refractivity contribution in [3.63, 3.8) is 0 Å². The van der Waals surface area contributed by atoms with Gasteiger partial charge in [0.1, 0.15) is 5.15 Å². The summed E-state index contributed by atoms with van der Waals surface area (Å²) in [6, 6.07) is 5.87. The largest absolute Gasteiger partial charge is 0.481 e. The van der Waals surface area contributed by atoms with Crippen LogP contribution in [-0.2, 0) is 11.2 Å². The van der Waals surface area contributed by atoms with Crippen LogP contribution in [0.2, 0.25) is 5.15 Å². The standard InChI is InChI=1S/C19H19ClFN3O4/c1-11-9-19(17(25)26,5-7-24(11)18(27)28)10-14-16(21)12(8-15(20)23-14)13-4-2-3-6-22-13/h2-4,6,8,11H,5,7,9-10H2,1H3,(H,25,26)(H,27,28)/t11-,19-/m1/s1. The van der Waals surface area contributed by atoms with E-state index in [4.69, 9.17) is 11.6 Å². The molecule has 2 N–H and O–H groups in total. The zero-order valence-corrected chi connectivity index (χ0v) is 15.9. The highest BCUT2D eigenvalue weighted by Crippen LogP contribution is 2.39. The average Bonchev–Trinajstić information content (AvgIpc) is 2.64. The summed E-state index contributed by atoms with van der Waals surface area (Å²) in [5.74, 6) is -1.78. The quantitative estimate of drug-likeness (QED) is 0.749. The number of piperidine rings is 1. The Labute approximate surface area is 165 Å². The molecular weight excluding hydrogens is 389 g/mol. The number of aliphatic carboxylic acids is 1. The minimum absolute atomic E-state index is 0.0358. The molecule has 9 heteroatoms. The van der Waals surface area contributed by atoms with E-state index in [0.29, 0.717) is 5.69 Å². The van der Waals surface area contributed by atoms with Crippen LogP contribution in [0.15, 0.2) is 30.5 Å². The second-order valence-corrected chi connectivity index (χ2v) is 7.40. The fourth-order valence-electron chi connectivity index (χ4n) is 3.74. The third kappa shape index (κ3) is 3.77. The summed E-state index contributed by atoms with van der Waals surface area (Å²) in [6.07, 6.45) is 0.347. The Balaban J connectivity index is 1.98. The van der Waals surface area contributed by atoms with Gasteiger partial charge in [-0.3, -0.25) is 9.78 Å². The highest BCUT2D eigenvalue weighted by Gasteiger charge is 2.46. The molecule has 1 amide bonds. The Morgan fingerprint density at radius 1 is 1.39 bits per heavy atom. The number of hydrogen-bond donors (Lipinski definition) is 2. The van der Waals surface area contributed by atoms with Crippen molar-refractivity contribution in [3.8, 4) is 11.3 Å². The van der Waals surface area contributed by atoms with E-state index in [2.05, 4.69) is 9.97 Å². The SMILES string of the molecule is C[C@@H]1C[C@](Cc2nc(Cl)cc(-c3ccccn3)c2F)(C(=O)O)CCN1C(=O)O. The molecule has 3 heterocycles. The third-order valence-electron chi connectivity index (χ3n) is 5.19. The van der Waals surface area contributed by atoms with Crippen LogP contribution in [0.3, 0.4) is 0 Å². The van der Waals surface area contributed by atoms with Gasteiger partial charge in [0.25, 0.3) is 0 Å². The van der Waals surface area contributed by atoms with Gasteiger partial charge in [-0.2, -0.15) is 0 Å². The maximum absolute atomic E-state index is 15.2. The predicted octanol–water partition coefficient (Wildman–Crippen LogP) is 3.71. The minimum atomic E-state index is -1.33. The summed E-state index contributed by atoms with van der Waals surface area (Å²) in [4.78, 5) is 32.7. The highest BCUT2D eigenvalue weighted by atomic mass is 35.5. The van der Waals surface area contributed by atoms with Gasteiger partial charge in [-0.1, -0.05) is 17.7 Å². The van der Waals surface area contributed by atoms with Crippen molar-refractivity contribution in [1.82, 2.24) is 14.9 Å². The first-order valence-electron chi connectivity index (χ1n) is 8.73. The number of amides is 1. The number of halogens is 2. The average molecular weight is 408 g/mol. The number of rotatable bonds is 4. The summed E-state index contributed by atoms with van der Waals surface area (Å²) in [5.41, 5.74) is -0.881. The number of nitrogens with zero attached hydrogens (tertiary/aromatic N) is 3. The Morgan fingerprint density at radius 3 is 2.71 bits per heavy atom. The Bertz CT molecular complexity index is 912. The smallest absolute Gasteiger partial charge is 0.407 e. The van der Waals surface area contributed by atoms with Crippen molar-refractivity contribution >= 4 is 23.7 Å². The summed E-state index contributed by atoms with van der Waals surface area (Å²) in [5, 5.41) is 19.1. The second-order valence-electron chi connectivity index (χ2n) is 7.01. The zero-order chi connectivity index (χ0) is 20.5. The topological polar surface area (TPSA) is 104 Å². The maximum Gasteiger partial charge on any atom is 0.407 e. The first-order valence-corrected chi connectivity index (χ1v) is 9.10. The van der Waals surface area contributed by atoms with Crippen molar-refractivity contribution in [2.45, 2.75) is 32.2 Å². The Kier molecular flexibility index (Phi) is 5.51. The van der Waals surface area contributed by atoms with Crippen LogP contribution < -0.4 is 0 Å². The molecule has 2 atom stereocenters. The van der Waals surface area contributed by atoms with Gasteiger partial charge in [-0.05, 0) is 38.0 Å². The molecule has 1 aliphatic rings. The molecule has 0 saturated carbocycles. The van der Waals surface area contributed by atoms with E-state index in [1.165, 1.54) is 17.2 Å². The molecular formula is C19H19ClFN3O4. The normalized spacial score (nSPS) is 22.1. The number of likely N-dealkylation sites (tertiary alicyclic amines) is 1. The number of carboxylic acids is 1. The molecule has 3 rings (SSSR count). The third-order valence-corrected chi connectivity index (χ3v) is 5.38. The van der Waals surface area contributed by atoms with Crippen LogP contribution in [0, 0.1) is 11.2 Å². The molecule has 0 spiro atoms. The summed E-state index contributed by atoms with van der Waals surface area (Å²) in [6.45, 7) is 1.70. The summed E-state index contributed by atoms with van der Waals surface area (Å²) in [7, 11) is 0. The highest BCUT2D eigenvalue weighted by molar-refractivity contribution is 6.29. The van der Waals surface area contributed by atoms with E-state index < -0.39 is 29.3 Å². The van der Waals surface area contributed by atoms with E-state index >= 15 is 4.39 Å². The molecule has 0 aromatic carbocycles. The van der Waals surface area contributed by atoms with Crippen molar-refractivity contribution in [2.24, 2.45) is 5.41 Å². The number of hydrogen-bond acceptors (Lipinski definition) is 4. The molecule has 0 radical (unpaired) electrons. The van der Waals surface area contributed by atoms with Gasteiger partial charge in [0.15, 0.2) is 5.82 Å². The molecule has 1 saturated heterocycles. The van der Waals surface area contributed by atoms with Crippen LogP contribution >= 0.6 is 11.6 Å². The fraction of sp³-hybridized carbons (Fsp3) is 0.368.